The lowest BCUT2D eigenvalue weighted by Crippen LogP contribution is -2.26. The van der Waals surface area contributed by atoms with Crippen LogP contribution in [0.15, 0.2) is 18.2 Å². The van der Waals surface area contributed by atoms with Gasteiger partial charge in [0.2, 0.25) is 0 Å². The Hall–Kier alpha value is -1.66. The maximum atomic E-state index is 11.0. The van der Waals surface area contributed by atoms with Crippen LogP contribution in [0, 0.1) is 15.5 Å². The fourth-order valence-electron chi connectivity index (χ4n) is 2.77. The molecule has 6 heteroatoms. The molecule has 3 N–H and O–H groups in total. The first kappa shape index (κ1) is 15.7. The zero-order chi connectivity index (χ0) is 15.5. The lowest BCUT2D eigenvalue weighted by molar-refractivity contribution is -0.384. The summed E-state index contributed by atoms with van der Waals surface area (Å²) in [4.78, 5) is 10.5. The predicted molar refractivity (Wildman–Crippen MR) is 81.7 cm³/mol. The number of nitrogen functional groups attached to an aromatic ring is 1. The van der Waals surface area contributed by atoms with Crippen molar-refractivity contribution >= 4 is 11.4 Å². The Morgan fingerprint density at radius 3 is 2.67 bits per heavy atom. The molecular weight excluding hydrogens is 270 g/mol. The molecule has 0 bridgehead atoms. The van der Waals surface area contributed by atoms with Gasteiger partial charge in [0.25, 0.3) is 5.69 Å². The number of para-hydroxylation sites is 1. The Labute approximate surface area is 124 Å². The molecule has 0 aliphatic heterocycles. The van der Waals surface area contributed by atoms with E-state index in [0.717, 1.165) is 31.2 Å². The van der Waals surface area contributed by atoms with Crippen LogP contribution in [0.2, 0.25) is 0 Å². The van der Waals surface area contributed by atoms with Gasteiger partial charge >= 0.3 is 0 Å². The highest BCUT2D eigenvalue weighted by Crippen LogP contribution is 2.37. The van der Waals surface area contributed by atoms with Gasteiger partial charge in [-0.2, -0.15) is 0 Å². The van der Waals surface area contributed by atoms with Crippen LogP contribution in [-0.4, -0.2) is 11.0 Å². The summed E-state index contributed by atoms with van der Waals surface area (Å²) in [6.45, 7) is 4.90. The first-order valence-corrected chi connectivity index (χ1v) is 7.27. The third-order valence-electron chi connectivity index (χ3n) is 4.23. The van der Waals surface area contributed by atoms with Crippen molar-refractivity contribution in [3.63, 3.8) is 0 Å². The number of rotatable bonds is 5. The van der Waals surface area contributed by atoms with Crippen molar-refractivity contribution in [2.75, 3.05) is 5.43 Å². The quantitative estimate of drug-likeness (QED) is 0.493. The molecule has 1 aromatic rings. The van der Waals surface area contributed by atoms with Gasteiger partial charge in [-0.3, -0.25) is 16.0 Å². The van der Waals surface area contributed by atoms with Crippen molar-refractivity contribution in [3.05, 3.63) is 33.9 Å². The van der Waals surface area contributed by atoms with Crippen molar-refractivity contribution in [2.45, 2.75) is 52.2 Å². The molecule has 1 saturated carbocycles. The highest BCUT2D eigenvalue weighted by atomic mass is 16.6. The number of benzene rings is 1. The smallest absolute Gasteiger partial charge is 0.294 e. The molecule has 21 heavy (non-hydrogen) atoms. The second kappa shape index (κ2) is 6.41. The minimum absolute atomic E-state index is 0.0247. The molecule has 0 radical (unpaired) electrons. The highest BCUT2D eigenvalue weighted by molar-refractivity contribution is 5.65. The molecule has 6 nitrogen and oxygen atoms in total. The van der Waals surface area contributed by atoms with Crippen molar-refractivity contribution in [1.82, 2.24) is 0 Å². The molecule has 116 valence electrons. The summed E-state index contributed by atoms with van der Waals surface area (Å²) in [6.07, 6.45) is 4.59. The van der Waals surface area contributed by atoms with Crippen molar-refractivity contribution < 1.29 is 9.66 Å². The van der Waals surface area contributed by atoms with E-state index in [4.69, 9.17) is 10.6 Å². The standard InChI is InChI=1S/C15H23N3O3/c1-15(2)8-6-12(7-9-15)21-10-11-4-3-5-13(18(19)20)14(11)17-16/h3-5,12,17H,6-10,16H2,1-2H3. The summed E-state index contributed by atoms with van der Waals surface area (Å²) >= 11 is 0. The predicted octanol–water partition coefficient (Wildman–Crippen LogP) is 3.37. The highest BCUT2D eigenvalue weighted by Gasteiger charge is 2.27. The van der Waals surface area contributed by atoms with Crippen molar-refractivity contribution in [3.8, 4) is 0 Å². The fraction of sp³-hybridized carbons (Fsp3) is 0.600. The molecular formula is C15H23N3O3. The molecule has 0 heterocycles. The van der Waals surface area contributed by atoms with Crippen LogP contribution in [-0.2, 0) is 11.3 Å². The van der Waals surface area contributed by atoms with Gasteiger partial charge in [0, 0.05) is 11.6 Å². The van der Waals surface area contributed by atoms with E-state index in [9.17, 15) is 10.1 Å². The summed E-state index contributed by atoms with van der Waals surface area (Å²) in [5.41, 5.74) is 3.85. The zero-order valence-corrected chi connectivity index (χ0v) is 12.6. The minimum atomic E-state index is -0.443. The lowest BCUT2D eigenvalue weighted by atomic mass is 9.76. The van der Waals surface area contributed by atoms with E-state index >= 15 is 0 Å². The van der Waals surface area contributed by atoms with E-state index in [1.807, 2.05) is 0 Å². The molecule has 0 atom stereocenters. The largest absolute Gasteiger partial charge is 0.373 e. The van der Waals surface area contributed by atoms with Gasteiger partial charge in [0.1, 0.15) is 5.69 Å². The first-order chi connectivity index (χ1) is 9.93. The molecule has 2 rings (SSSR count). The molecule has 0 aromatic heterocycles. The number of ether oxygens (including phenoxy) is 1. The molecule has 1 aliphatic carbocycles. The van der Waals surface area contributed by atoms with E-state index in [1.165, 1.54) is 6.07 Å². The summed E-state index contributed by atoms with van der Waals surface area (Å²) < 4.78 is 5.92. The Kier molecular flexibility index (Phi) is 4.80. The third-order valence-corrected chi connectivity index (χ3v) is 4.23. The van der Waals surface area contributed by atoms with Crippen LogP contribution >= 0.6 is 0 Å². The number of nitro benzene ring substituents is 1. The Morgan fingerprint density at radius 2 is 2.10 bits per heavy atom. The number of hydrazine groups is 1. The van der Waals surface area contributed by atoms with E-state index < -0.39 is 4.92 Å². The molecule has 0 spiro atoms. The molecule has 1 aromatic carbocycles. The van der Waals surface area contributed by atoms with E-state index in [-0.39, 0.29) is 11.8 Å². The third kappa shape index (κ3) is 3.92. The normalized spacial score (nSPS) is 18.4. The Balaban J connectivity index is 2.01. The number of nitro groups is 1. The zero-order valence-electron chi connectivity index (χ0n) is 12.6. The summed E-state index contributed by atoms with van der Waals surface area (Å²) in [5.74, 6) is 5.42. The van der Waals surface area contributed by atoms with E-state index in [2.05, 4.69) is 19.3 Å². The summed E-state index contributed by atoms with van der Waals surface area (Å²) in [5, 5.41) is 11.0. The van der Waals surface area contributed by atoms with Crippen molar-refractivity contribution in [2.24, 2.45) is 11.3 Å². The fourth-order valence-corrected chi connectivity index (χ4v) is 2.77. The van der Waals surface area contributed by atoms with Gasteiger partial charge in [-0.05, 0) is 31.1 Å². The summed E-state index contributed by atoms with van der Waals surface area (Å²) in [7, 11) is 0. The second-order valence-electron chi connectivity index (χ2n) is 6.39. The van der Waals surface area contributed by atoms with Crippen molar-refractivity contribution in [1.29, 1.82) is 0 Å². The number of anilines is 1. The Bertz CT molecular complexity index is 507. The molecule has 0 amide bonds. The van der Waals surface area contributed by atoms with Crippen LogP contribution in [0.3, 0.4) is 0 Å². The van der Waals surface area contributed by atoms with Crippen LogP contribution in [0.4, 0.5) is 11.4 Å². The minimum Gasteiger partial charge on any atom is -0.373 e. The first-order valence-electron chi connectivity index (χ1n) is 7.27. The van der Waals surface area contributed by atoms with Crippen LogP contribution in [0.1, 0.15) is 45.1 Å². The molecule has 1 fully saturated rings. The average Bonchev–Trinajstić information content (AvgIpc) is 2.45. The van der Waals surface area contributed by atoms with Crippen LogP contribution in [0.5, 0.6) is 0 Å². The maximum absolute atomic E-state index is 11.0. The van der Waals surface area contributed by atoms with Gasteiger partial charge in [0.05, 0.1) is 17.6 Å². The lowest BCUT2D eigenvalue weighted by Gasteiger charge is -2.34. The maximum Gasteiger partial charge on any atom is 0.294 e. The van der Waals surface area contributed by atoms with Gasteiger partial charge in [-0.1, -0.05) is 26.0 Å². The number of nitrogens with one attached hydrogen (secondary N) is 1. The van der Waals surface area contributed by atoms with Gasteiger partial charge < -0.3 is 10.2 Å². The number of hydrogen-bond donors (Lipinski definition) is 2. The van der Waals surface area contributed by atoms with Gasteiger partial charge in [-0.15, -0.1) is 0 Å². The Morgan fingerprint density at radius 1 is 1.43 bits per heavy atom. The van der Waals surface area contributed by atoms with E-state index in [0.29, 0.717) is 17.7 Å². The van der Waals surface area contributed by atoms with Crippen LogP contribution in [0.25, 0.3) is 0 Å². The topological polar surface area (TPSA) is 90.4 Å². The van der Waals surface area contributed by atoms with Gasteiger partial charge in [0.15, 0.2) is 0 Å². The molecule has 0 unspecified atom stereocenters. The molecule has 0 saturated heterocycles. The number of nitrogens with zero attached hydrogens (tertiary/aromatic N) is 1. The number of nitrogens with two attached hydrogens (primary N) is 1. The number of hydrogen-bond acceptors (Lipinski definition) is 5. The summed E-state index contributed by atoms with van der Waals surface area (Å²) in [6, 6.07) is 4.89. The molecule has 1 aliphatic rings. The monoisotopic (exact) mass is 293 g/mol. The average molecular weight is 293 g/mol. The SMILES string of the molecule is CC1(C)CCC(OCc2cccc([N+](=O)[O-])c2NN)CC1. The van der Waals surface area contributed by atoms with Crippen LogP contribution < -0.4 is 11.3 Å². The van der Waals surface area contributed by atoms with Gasteiger partial charge in [-0.25, -0.2) is 0 Å². The van der Waals surface area contributed by atoms with E-state index in [1.54, 1.807) is 12.1 Å². The second-order valence-corrected chi connectivity index (χ2v) is 6.39.